The van der Waals surface area contributed by atoms with Crippen LogP contribution < -0.4 is 0 Å². The number of hydrogen-bond donors (Lipinski definition) is 1. The van der Waals surface area contributed by atoms with Gasteiger partial charge < -0.3 is 13.3 Å². The minimum Gasteiger partial charge on any atom is -0.516 e. The van der Waals surface area contributed by atoms with Crippen molar-refractivity contribution >= 4 is 30.3 Å². The molecular formula is C6H18O3Si3. The van der Waals surface area contributed by atoms with Crippen LogP contribution in [0, 0.1) is 0 Å². The summed E-state index contributed by atoms with van der Waals surface area (Å²) in [6.07, 6.45) is 6.29. The van der Waals surface area contributed by atoms with Gasteiger partial charge in [-0.05, 0) is 18.9 Å². The second-order valence-corrected chi connectivity index (χ2v) is 7.84. The fourth-order valence-corrected chi connectivity index (χ4v) is 4.87. The summed E-state index contributed by atoms with van der Waals surface area (Å²) < 4.78 is 10.4. The van der Waals surface area contributed by atoms with Crippen LogP contribution in [0.5, 0.6) is 0 Å². The Morgan fingerprint density at radius 3 is 2.92 bits per heavy atom. The van der Waals surface area contributed by atoms with E-state index >= 15 is 0 Å². The summed E-state index contributed by atoms with van der Waals surface area (Å²) in [6, 6.07) is 1.25. The minimum atomic E-state index is -0.553. The summed E-state index contributed by atoms with van der Waals surface area (Å²) in [5.74, 6) is 0. The summed E-state index contributed by atoms with van der Waals surface area (Å²) in [6.45, 7) is 0. The highest BCUT2D eigenvalue weighted by Crippen LogP contribution is 2.00. The molecule has 0 bridgehead atoms. The van der Waals surface area contributed by atoms with Crippen molar-refractivity contribution in [1.82, 2.24) is 0 Å². The van der Waals surface area contributed by atoms with Crippen molar-refractivity contribution in [1.29, 1.82) is 0 Å². The van der Waals surface area contributed by atoms with Gasteiger partial charge in [0.05, 0.1) is 6.26 Å². The van der Waals surface area contributed by atoms with E-state index in [1.807, 2.05) is 0 Å². The second kappa shape index (κ2) is 11.1. The molecule has 0 spiro atoms. The van der Waals surface area contributed by atoms with E-state index in [2.05, 4.69) is 0 Å². The Hall–Kier alpha value is 0.111. The van der Waals surface area contributed by atoms with Gasteiger partial charge in [-0.1, -0.05) is 12.5 Å². The molecule has 0 heterocycles. The molecule has 6 heteroatoms. The molecule has 0 aliphatic rings. The van der Waals surface area contributed by atoms with E-state index in [1.54, 1.807) is 6.08 Å². The van der Waals surface area contributed by atoms with Crippen molar-refractivity contribution in [2.75, 3.05) is 0 Å². The molecule has 0 radical (unpaired) electrons. The van der Waals surface area contributed by atoms with Gasteiger partial charge in [0, 0.05) is 0 Å². The molecule has 0 aromatic carbocycles. The van der Waals surface area contributed by atoms with Crippen LogP contribution in [-0.4, -0.2) is 35.4 Å². The van der Waals surface area contributed by atoms with Crippen molar-refractivity contribution in [3.63, 3.8) is 0 Å². The quantitative estimate of drug-likeness (QED) is 0.327. The van der Waals surface area contributed by atoms with Gasteiger partial charge in [0.2, 0.25) is 0 Å². The average molecular weight is 222 g/mol. The van der Waals surface area contributed by atoms with Gasteiger partial charge in [0.25, 0.3) is 10.0 Å². The smallest absolute Gasteiger partial charge is 0.282 e. The lowest BCUT2D eigenvalue weighted by Gasteiger charge is -2.00. The molecule has 1 N–H and O–H groups in total. The van der Waals surface area contributed by atoms with Gasteiger partial charge in [-0.2, -0.15) is 0 Å². The average Bonchev–Trinajstić information content (AvgIpc) is 2.10. The van der Waals surface area contributed by atoms with Crippen molar-refractivity contribution in [3.05, 3.63) is 12.3 Å². The summed E-state index contributed by atoms with van der Waals surface area (Å²) in [5.41, 5.74) is 0. The summed E-state index contributed by atoms with van der Waals surface area (Å²) in [4.78, 5) is 0. The highest BCUT2D eigenvalue weighted by Gasteiger charge is 1.89. The van der Waals surface area contributed by atoms with Gasteiger partial charge in [-0.3, -0.25) is 0 Å². The third-order valence-corrected chi connectivity index (χ3v) is 5.02. The number of allylic oxidation sites excluding steroid dienone is 1. The molecule has 3 nitrogen and oxygen atoms in total. The lowest BCUT2D eigenvalue weighted by molar-refractivity contribution is 0.470. The van der Waals surface area contributed by atoms with Crippen molar-refractivity contribution < 1.29 is 13.3 Å². The summed E-state index contributed by atoms with van der Waals surface area (Å²) >= 11 is 0. The highest BCUT2D eigenvalue weighted by atomic mass is 28.3. The van der Waals surface area contributed by atoms with Crippen molar-refractivity contribution in [2.24, 2.45) is 0 Å². The van der Waals surface area contributed by atoms with Gasteiger partial charge in [0.15, 0.2) is 0 Å². The molecule has 0 saturated carbocycles. The van der Waals surface area contributed by atoms with Crippen LogP contribution in [0.2, 0.25) is 6.04 Å². The molecule has 72 valence electrons. The summed E-state index contributed by atoms with van der Waals surface area (Å²) in [5, 5.41) is 8.34. The monoisotopic (exact) mass is 222 g/mol. The first-order valence-electron chi connectivity index (χ1n) is 4.27. The van der Waals surface area contributed by atoms with Gasteiger partial charge in [-0.15, -0.1) is 0 Å². The summed E-state index contributed by atoms with van der Waals surface area (Å²) in [7, 11) is 0.0174. The predicted octanol–water partition coefficient (Wildman–Crippen LogP) is -0.957. The molecule has 0 unspecified atom stereocenters. The largest absolute Gasteiger partial charge is 0.516 e. The zero-order valence-corrected chi connectivity index (χ0v) is 12.5. The zero-order chi connectivity index (χ0) is 9.07. The predicted molar refractivity (Wildman–Crippen MR) is 59.6 cm³/mol. The fraction of sp³-hybridized carbons (Fsp3) is 0.667. The van der Waals surface area contributed by atoms with E-state index in [1.165, 1.54) is 12.5 Å². The minimum absolute atomic E-state index is 0.262. The fourth-order valence-electron chi connectivity index (χ4n) is 0.860. The Morgan fingerprint density at radius 1 is 1.42 bits per heavy atom. The first-order valence-corrected chi connectivity index (χ1v) is 7.82. The second-order valence-electron chi connectivity index (χ2n) is 2.55. The number of unbranched alkanes of at least 4 members (excludes halogenated alkanes) is 2. The van der Waals surface area contributed by atoms with Gasteiger partial charge in [-0.25, -0.2) is 0 Å². The molecule has 12 heavy (non-hydrogen) atoms. The normalized spacial score (nSPS) is 13.3. The van der Waals surface area contributed by atoms with E-state index in [-0.39, 0.29) is 9.76 Å². The lowest BCUT2D eigenvalue weighted by atomic mass is 10.2. The number of rotatable bonds is 8. The Labute approximate surface area is 81.7 Å². The number of aliphatic hydroxyl groups is 1. The van der Waals surface area contributed by atoms with E-state index in [9.17, 15) is 0 Å². The topological polar surface area (TPSA) is 38.7 Å². The number of hydrogen-bond acceptors (Lipinski definition) is 3. The van der Waals surface area contributed by atoms with Crippen LogP contribution in [0.15, 0.2) is 12.3 Å². The molecular weight excluding hydrogens is 204 g/mol. The SMILES string of the molecule is OC=CCCCC[SiH2]O[SiH2]O[SiH3]. The van der Waals surface area contributed by atoms with Crippen LogP contribution in [0.3, 0.4) is 0 Å². The van der Waals surface area contributed by atoms with Crippen molar-refractivity contribution in [2.45, 2.75) is 25.3 Å². The van der Waals surface area contributed by atoms with E-state index in [0.29, 0.717) is 0 Å². The molecule has 0 amide bonds. The molecule has 0 aromatic heterocycles. The lowest BCUT2D eigenvalue weighted by Crippen LogP contribution is -2.05. The molecule has 0 aromatic rings. The third kappa shape index (κ3) is 10.1. The van der Waals surface area contributed by atoms with Gasteiger partial charge in [0.1, 0.15) is 20.2 Å². The molecule has 0 fully saturated rings. The maximum atomic E-state index is 8.34. The van der Waals surface area contributed by atoms with E-state index in [4.69, 9.17) is 13.3 Å². The van der Waals surface area contributed by atoms with Gasteiger partial charge >= 0.3 is 0 Å². The van der Waals surface area contributed by atoms with Crippen molar-refractivity contribution in [3.8, 4) is 0 Å². The highest BCUT2D eigenvalue weighted by molar-refractivity contribution is 6.41. The van der Waals surface area contributed by atoms with Crippen LogP contribution in [-0.2, 0) is 8.23 Å². The van der Waals surface area contributed by atoms with Crippen LogP contribution >= 0.6 is 0 Å². The molecule has 0 atom stereocenters. The molecule has 0 rings (SSSR count). The Balaban J connectivity index is 2.81. The standard InChI is InChI=1S/C6H18O3Si3/c7-5-3-1-2-4-6-11-9-12-8-10/h3,5,7H,1-2,4,6,11-12H2,10H3. The first kappa shape index (κ1) is 12.1. The molecule has 0 saturated heterocycles. The van der Waals surface area contributed by atoms with Crippen LogP contribution in [0.25, 0.3) is 0 Å². The van der Waals surface area contributed by atoms with Crippen LogP contribution in [0.4, 0.5) is 0 Å². The van der Waals surface area contributed by atoms with E-state index in [0.717, 1.165) is 29.6 Å². The maximum absolute atomic E-state index is 8.34. The molecule has 0 aliphatic heterocycles. The Bertz CT molecular complexity index is 110. The first-order chi connectivity index (χ1) is 5.91. The Morgan fingerprint density at radius 2 is 2.25 bits per heavy atom. The third-order valence-electron chi connectivity index (χ3n) is 1.47. The van der Waals surface area contributed by atoms with Crippen LogP contribution in [0.1, 0.15) is 19.3 Å². The molecule has 0 aliphatic carbocycles. The number of aliphatic hydroxyl groups excluding tert-OH is 1. The van der Waals surface area contributed by atoms with E-state index < -0.39 is 10.0 Å². The maximum Gasteiger partial charge on any atom is 0.282 e. The zero-order valence-electron chi connectivity index (χ0n) is 7.66. The Kier molecular flexibility index (Phi) is 11.2.